The van der Waals surface area contributed by atoms with E-state index in [0.29, 0.717) is 18.9 Å². The molecule has 0 bridgehead atoms. The molecule has 2 amide bonds. The monoisotopic (exact) mass is 568 g/mol. The Bertz CT molecular complexity index is 1900. The number of fused-ring (bicyclic) bond motifs is 1. The van der Waals surface area contributed by atoms with Gasteiger partial charge in [0.15, 0.2) is 0 Å². The summed E-state index contributed by atoms with van der Waals surface area (Å²) in [6, 6.07) is 30.8. The smallest absolute Gasteiger partial charge is 0.320 e. The third-order valence-corrected chi connectivity index (χ3v) is 8.19. The Labute approximate surface area is 249 Å². The van der Waals surface area contributed by atoms with Crippen molar-refractivity contribution < 1.29 is 4.79 Å². The van der Waals surface area contributed by atoms with E-state index in [9.17, 15) is 4.79 Å². The van der Waals surface area contributed by atoms with Crippen LogP contribution < -0.4 is 4.90 Å². The van der Waals surface area contributed by atoms with Crippen LogP contribution in [0.4, 0.5) is 10.5 Å². The number of amides is 2. The summed E-state index contributed by atoms with van der Waals surface area (Å²) in [5.41, 5.74) is 8.88. The quantitative estimate of drug-likeness (QED) is 0.235. The number of imidazole rings is 1. The highest BCUT2D eigenvalue weighted by Gasteiger charge is 2.28. The van der Waals surface area contributed by atoms with Crippen molar-refractivity contribution in [1.82, 2.24) is 35.1 Å². The molecule has 1 N–H and O–H groups in total. The molecule has 0 unspecified atom stereocenters. The summed E-state index contributed by atoms with van der Waals surface area (Å²) >= 11 is 0. The van der Waals surface area contributed by atoms with Crippen molar-refractivity contribution in [2.45, 2.75) is 33.2 Å². The molecule has 3 heterocycles. The normalized spacial score (nSPS) is 13.7. The minimum absolute atomic E-state index is 0.0269. The van der Waals surface area contributed by atoms with Gasteiger partial charge in [-0.15, -0.1) is 10.2 Å². The van der Waals surface area contributed by atoms with Crippen molar-refractivity contribution in [1.29, 1.82) is 0 Å². The van der Waals surface area contributed by atoms with Gasteiger partial charge < -0.3 is 4.90 Å². The Kier molecular flexibility index (Phi) is 6.90. The molecule has 0 radical (unpaired) electrons. The van der Waals surface area contributed by atoms with Gasteiger partial charge in [-0.3, -0.25) is 9.47 Å². The number of rotatable bonds is 7. The van der Waals surface area contributed by atoms with Crippen molar-refractivity contribution in [2.75, 3.05) is 18.0 Å². The van der Waals surface area contributed by atoms with E-state index in [1.165, 1.54) is 0 Å². The van der Waals surface area contributed by atoms with Crippen LogP contribution in [0.5, 0.6) is 0 Å². The van der Waals surface area contributed by atoms with Crippen molar-refractivity contribution >= 4 is 22.8 Å². The number of urea groups is 1. The fourth-order valence-electron chi connectivity index (χ4n) is 6.12. The van der Waals surface area contributed by atoms with Gasteiger partial charge in [0.1, 0.15) is 5.82 Å². The Morgan fingerprint density at radius 1 is 0.907 bits per heavy atom. The summed E-state index contributed by atoms with van der Waals surface area (Å²) in [4.78, 5) is 22.5. The summed E-state index contributed by atoms with van der Waals surface area (Å²) < 4.78 is 2.21. The zero-order chi connectivity index (χ0) is 29.3. The van der Waals surface area contributed by atoms with Gasteiger partial charge in [-0.2, -0.15) is 5.21 Å². The second-order valence-electron chi connectivity index (χ2n) is 10.8. The molecule has 1 aliphatic rings. The van der Waals surface area contributed by atoms with Crippen molar-refractivity contribution in [3.63, 3.8) is 0 Å². The topological polar surface area (TPSA) is 95.8 Å². The van der Waals surface area contributed by atoms with Crippen molar-refractivity contribution in [2.24, 2.45) is 0 Å². The van der Waals surface area contributed by atoms with Crippen LogP contribution in [0.15, 0.2) is 91.0 Å². The highest BCUT2D eigenvalue weighted by Crippen LogP contribution is 2.38. The summed E-state index contributed by atoms with van der Waals surface area (Å²) in [5.74, 6) is 1.48. The van der Waals surface area contributed by atoms with Gasteiger partial charge >= 0.3 is 6.03 Å². The average Bonchev–Trinajstić information content (AvgIpc) is 3.71. The molecule has 4 aromatic carbocycles. The molecular formula is C34H32N8O. The number of H-pyrrole nitrogens is 1. The van der Waals surface area contributed by atoms with Crippen LogP contribution in [-0.2, 0) is 13.0 Å². The van der Waals surface area contributed by atoms with Crippen LogP contribution in [0.1, 0.15) is 30.3 Å². The molecule has 6 aromatic rings. The number of aromatic nitrogens is 6. The lowest BCUT2D eigenvalue weighted by Gasteiger charge is -2.35. The fraction of sp³-hybridized carbons (Fsp3) is 0.206. The first-order valence-corrected chi connectivity index (χ1v) is 14.7. The fourth-order valence-corrected chi connectivity index (χ4v) is 6.12. The van der Waals surface area contributed by atoms with Crippen LogP contribution in [-0.4, -0.2) is 54.2 Å². The zero-order valence-corrected chi connectivity index (χ0v) is 24.2. The van der Waals surface area contributed by atoms with E-state index < -0.39 is 0 Å². The Morgan fingerprint density at radius 2 is 1.70 bits per heavy atom. The van der Waals surface area contributed by atoms with Gasteiger partial charge in [0.25, 0.3) is 0 Å². The average molecular weight is 569 g/mol. The van der Waals surface area contributed by atoms with Crippen LogP contribution in [0.3, 0.4) is 0 Å². The maximum Gasteiger partial charge on any atom is 0.324 e. The van der Waals surface area contributed by atoms with E-state index >= 15 is 0 Å². The van der Waals surface area contributed by atoms with Crippen molar-refractivity contribution in [3.05, 3.63) is 108 Å². The molecule has 2 aromatic heterocycles. The second kappa shape index (κ2) is 11.2. The molecule has 7 rings (SSSR count). The number of aryl methyl sites for hydroxylation is 1. The third-order valence-electron chi connectivity index (χ3n) is 8.19. The number of hydrogen-bond acceptors (Lipinski definition) is 5. The molecule has 1 saturated heterocycles. The first kappa shape index (κ1) is 26.6. The van der Waals surface area contributed by atoms with E-state index in [1.807, 2.05) is 58.3 Å². The predicted octanol–water partition coefficient (Wildman–Crippen LogP) is 6.58. The third kappa shape index (κ3) is 4.82. The number of carbonyl (C=O) groups is 1. The van der Waals surface area contributed by atoms with Crippen LogP contribution in [0.25, 0.3) is 39.2 Å². The second-order valence-corrected chi connectivity index (χ2v) is 10.8. The predicted molar refractivity (Wildman–Crippen MR) is 168 cm³/mol. The maximum absolute atomic E-state index is 13.7. The van der Waals surface area contributed by atoms with E-state index in [2.05, 4.69) is 81.5 Å². The van der Waals surface area contributed by atoms with Gasteiger partial charge in [-0.05, 0) is 65.1 Å². The van der Waals surface area contributed by atoms with Gasteiger partial charge in [0, 0.05) is 37.3 Å². The van der Waals surface area contributed by atoms with Gasteiger partial charge in [0.2, 0.25) is 5.82 Å². The van der Waals surface area contributed by atoms with Crippen molar-refractivity contribution in [3.8, 4) is 28.2 Å². The minimum atomic E-state index is 0.0269. The molecule has 0 saturated carbocycles. The number of anilines is 1. The first-order chi connectivity index (χ1) is 21.1. The largest absolute Gasteiger partial charge is 0.324 e. The Morgan fingerprint density at radius 3 is 2.44 bits per heavy atom. The molecule has 214 valence electrons. The number of tetrazole rings is 1. The highest BCUT2D eigenvalue weighted by molar-refractivity contribution is 5.95. The van der Waals surface area contributed by atoms with E-state index in [-0.39, 0.29) is 6.03 Å². The van der Waals surface area contributed by atoms with Gasteiger partial charge in [-0.1, -0.05) is 73.7 Å². The van der Waals surface area contributed by atoms with Crippen LogP contribution in [0.2, 0.25) is 0 Å². The molecule has 0 atom stereocenters. The van der Waals surface area contributed by atoms with E-state index in [0.717, 1.165) is 75.4 Å². The maximum atomic E-state index is 13.7. The number of carbonyl (C=O) groups excluding carboxylic acids is 1. The Balaban J connectivity index is 1.33. The first-order valence-electron chi connectivity index (χ1n) is 14.7. The van der Waals surface area contributed by atoms with E-state index in [4.69, 9.17) is 4.98 Å². The molecule has 0 aliphatic carbocycles. The van der Waals surface area contributed by atoms with Gasteiger partial charge in [-0.25, -0.2) is 9.78 Å². The molecule has 0 spiro atoms. The number of hydrogen-bond donors (Lipinski definition) is 1. The summed E-state index contributed by atoms with van der Waals surface area (Å²) in [5, 5.41) is 15.2. The lowest BCUT2D eigenvalue weighted by Crippen LogP contribution is -2.49. The molecule has 1 fully saturated rings. The standard InChI is InChI=1S/C34H32N8O/c1-3-31-35-28-17-15-26(41-20-10-19-40(34(41)43)22-24-11-6-4-7-12-24)21-30(28)42(31)29-18-16-27(25-13-8-5-9-14-25)32(23(29)2)33-36-38-39-37-33/h4-9,11-18,21H,3,10,19-20,22H2,1-2H3,(H,36,37,38,39). The van der Waals surface area contributed by atoms with Crippen LogP contribution >= 0.6 is 0 Å². The summed E-state index contributed by atoms with van der Waals surface area (Å²) in [6.45, 7) is 6.23. The number of nitrogens with zero attached hydrogens (tertiary/aromatic N) is 7. The molecular weight excluding hydrogens is 536 g/mol. The van der Waals surface area contributed by atoms with E-state index in [1.54, 1.807) is 0 Å². The molecule has 9 nitrogen and oxygen atoms in total. The Hall–Kier alpha value is -5.31. The summed E-state index contributed by atoms with van der Waals surface area (Å²) in [6.07, 6.45) is 1.65. The number of nitrogens with one attached hydrogen (secondary N) is 1. The van der Waals surface area contributed by atoms with Crippen LogP contribution in [0, 0.1) is 6.92 Å². The highest BCUT2D eigenvalue weighted by atomic mass is 16.2. The SMILES string of the molecule is CCc1nc2ccc(N3CCCN(Cc4ccccc4)C3=O)cc2n1-c1ccc(-c2ccccc2)c(-c2nn[nH]n2)c1C. The number of aromatic amines is 1. The zero-order valence-electron chi connectivity index (χ0n) is 24.2. The minimum Gasteiger partial charge on any atom is -0.320 e. The number of benzene rings is 4. The molecule has 43 heavy (non-hydrogen) atoms. The lowest BCUT2D eigenvalue weighted by atomic mass is 9.94. The molecule has 9 heteroatoms. The molecule has 1 aliphatic heterocycles. The van der Waals surface area contributed by atoms with Gasteiger partial charge in [0.05, 0.1) is 16.7 Å². The summed E-state index contributed by atoms with van der Waals surface area (Å²) in [7, 11) is 0. The lowest BCUT2D eigenvalue weighted by molar-refractivity contribution is 0.192.